The van der Waals surface area contributed by atoms with E-state index in [1.165, 1.54) is 0 Å². The Morgan fingerprint density at radius 1 is 1.14 bits per heavy atom. The van der Waals surface area contributed by atoms with Crippen molar-refractivity contribution in [2.75, 3.05) is 10.6 Å². The minimum absolute atomic E-state index is 0.0725. The Morgan fingerprint density at radius 2 is 1.86 bits per heavy atom. The van der Waals surface area contributed by atoms with Crippen LogP contribution in [0.25, 0.3) is 0 Å². The highest BCUT2D eigenvalue weighted by Crippen LogP contribution is 2.30. The molecule has 0 unspecified atom stereocenters. The van der Waals surface area contributed by atoms with Crippen molar-refractivity contribution in [1.29, 1.82) is 0 Å². The highest BCUT2D eigenvalue weighted by Gasteiger charge is 2.19. The van der Waals surface area contributed by atoms with Crippen LogP contribution in [0.2, 0.25) is 10.0 Å². The normalized spacial score (nSPS) is 12.8. The van der Waals surface area contributed by atoms with Gasteiger partial charge in [-0.2, -0.15) is 0 Å². The molecule has 0 atom stereocenters. The second-order valence-electron chi connectivity index (χ2n) is 4.65. The van der Waals surface area contributed by atoms with Gasteiger partial charge in [0.15, 0.2) is 0 Å². The lowest BCUT2D eigenvalue weighted by atomic mass is 10.1. The number of hydrogen-bond donors (Lipinski definition) is 2. The molecule has 0 saturated heterocycles. The number of para-hydroxylation sites is 1. The van der Waals surface area contributed by atoms with Crippen molar-refractivity contribution < 1.29 is 9.59 Å². The third-order valence-electron chi connectivity index (χ3n) is 3.19. The fourth-order valence-electron chi connectivity index (χ4n) is 2.17. The number of hydrogen-bond acceptors (Lipinski definition) is 2. The molecule has 106 valence electrons. The summed E-state index contributed by atoms with van der Waals surface area (Å²) in [4.78, 5) is 23.6. The van der Waals surface area contributed by atoms with E-state index in [0.29, 0.717) is 21.3 Å². The van der Waals surface area contributed by atoms with Crippen LogP contribution < -0.4 is 10.6 Å². The molecule has 6 heteroatoms. The molecule has 2 aromatic carbocycles. The molecule has 1 aliphatic heterocycles. The number of rotatable bonds is 2. The zero-order valence-electron chi connectivity index (χ0n) is 10.7. The van der Waals surface area contributed by atoms with Crippen LogP contribution in [-0.4, -0.2) is 11.8 Å². The molecule has 0 radical (unpaired) electrons. The van der Waals surface area contributed by atoms with Crippen LogP contribution in [-0.2, 0) is 11.2 Å². The van der Waals surface area contributed by atoms with Crippen molar-refractivity contribution in [3.63, 3.8) is 0 Å². The predicted molar refractivity (Wildman–Crippen MR) is 83.2 cm³/mol. The van der Waals surface area contributed by atoms with Gasteiger partial charge in [-0.3, -0.25) is 9.59 Å². The maximum Gasteiger partial charge on any atom is 0.255 e. The molecule has 0 fully saturated rings. The number of carbonyl (C=O) groups is 2. The summed E-state index contributed by atoms with van der Waals surface area (Å²) in [5, 5.41) is 6.15. The minimum Gasteiger partial charge on any atom is -0.326 e. The van der Waals surface area contributed by atoms with Gasteiger partial charge in [0.25, 0.3) is 5.91 Å². The van der Waals surface area contributed by atoms with Crippen LogP contribution >= 0.6 is 23.2 Å². The molecule has 2 N–H and O–H groups in total. The predicted octanol–water partition coefficient (Wildman–Crippen LogP) is 3.74. The molecule has 2 amide bonds. The molecule has 0 bridgehead atoms. The van der Waals surface area contributed by atoms with E-state index >= 15 is 0 Å². The number of anilines is 2. The third-order valence-corrected chi connectivity index (χ3v) is 3.82. The fourth-order valence-corrected chi connectivity index (χ4v) is 2.67. The third kappa shape index (κ3) is 2.73. The molecule has 4 nitrogen and oxygen atoms in total. The lowest BCUT2D eigenvalue weighted by Crippen LogP contribution is -2.12. The van der Waals surface area contributed by atoms with Crippen molar-refractivity contribution in [3.8, 4) is 0 Å². The van der Waals surface area contributed by atoms with Gasteiger partial charge in [-0.15, -0.1) is 0 Å². The molecule has 0 aromatic heterocycles. The minimum atomic E-state index is -0.327. The van der Waals surface area contributed by atoms with E-state index in [9.17, 15) is 9.59 Å². The molecule has 0 saturated carbocycles. The summed E-state index contributed by atoms with van der Waals surface area (Å²) in [5.41, 5.74) is 2.37. The van der Waals surface area contributed by atoms with Crippen molar-refractivity contribution >= 4 is 46.4 Å². The highest BCUT2D eigenvalue weighted by atomic mass is 35.5. The largest absolute Gasteiger partial charge is 0.326 e. The summed E-state index contributed by atoms with van der Waals surface area (Å²) in [5.74, 6) is -0.399. The molecule has 1 aliphatic rings. The second-order valence-corrected chi connectivity index (χ2v) is 5.46. The summed E-state index contributed by atoms with van der Waals surface area (Å²) in [6.45, 7) is 0. The smallest absolute Gasteiger partial charge is 0.255 e. The molecular weight excluding hydrogens is 311 g/mol. The highest BCUT2D eigenvalue weighted by molar-refractivity contribution is 6.40. The first-order valence-corrected chi connectivity index (χ1v) is 6.98. The standard InChI is InChI=1S/C15H10Cl2N2O2/c16-10-2-1-3-11(17)14(10)19-15(21)8-4-5-12-9(6-8)7-13(20)18-12/h1-6H,7H2,(H,18,20)(H,19,21). The first-order chi connectivity index (χ1) is 10.0. The fraction of sp³-hybridized carbons (Fsp3) is 0.0667. The van der Waals surface area contributed by atoms with Gasteiger partial charge in [0.1, 0.15) is 0 Å². The number of halogens is 2. The Balaban J connectivity index is 1.87. The van der Waals surface area contributed by atoms with E-state index in [-0.39, 0.29) is 18.2 Å². The van der Waals surface area contributed by atoms with Crippen LogP contribution in [0.3, 0.4) is 0 Å². The summed E-state index contributed by atoms with van der Waals surface area (Å²) >= 11 is 12.0. The van der Waals surface area contributed by atoms with Crippen molar-refractivity contribution in [1.82, 2.24) is 0 Å². The number of carbonyl (C=O) groups excluding carboxylic acids is 2. The second kappa shape index (κ2) is 5.39. The maximum atomic E-state index is 12.3. The monoisotopic (exact) mass is 320 g/mol. The Hall–Kier alpha value is -2.04. The van der Waals surface area contributed by atoms with E-state index in [4.69, 9.17) is 23.2 Å². The van der Waals surface area contributed by atoms with Crippen LogP contribution in [0.5, 0.6) is 0 Å². The quantitative estimate of drug-likeness (QED) is 0.885. The zero-order chi connectivity index (χ0) is 15.0. The van der Waals surface area contributed by atoms with Gasteiger partial charge in [0.2, 0.25) is 5.91 Å². The number of amides is 2. The van der Waals surface area contributed by atoms with Crippen LogP contribution in [0.1, 0.15) is 15.9 Å². The van der Waals surface area contributed by atoms with Gasteiger partial charge in [-0.05, 0) is 35.9 Å². The van der Waals surface area contributed by atoms with E-state index in [1.54, 1.807) is 36.4 Å². The molecular formula is C15H10Cl2N2O2. The van der Waals surface area contributed by atoms with E-state index in [2.05, 4.69) is 10.6 Å². The summed E-state index contributed by atoms with van der Waals surface area (Å²) in [7, 11) is 0. The first-order valence-electron chi connectivity index (χ1n) is 6.23. The molecule has 2 aromatic rings. The average Bonchev–Trinajstić information content (AvgIpc) is 2.81. The number of benzene rings is 2. The van der Waals surface area contributed by atoms with Gasteiger partial charge in [0.05, 0.1) is 22.2 Å². The number of fused-ring (bicyclic) bond motifs is 1. The van der Waals surface area contributed by atoms with Crippen LogP contribution in [0, 0.1) is 0 Å². The van der Waals surface area contributed by atoms with E-state index < -0.39 is 0 Å². The average molecular weight is 321 g/mol. The van der Waals surface area contributed by atoms with Gasteiger partial charge >= 0.3 is 0 Å². The topological polar surface area (TPSA) is 58.2 Å². The summed E-state index contributed by atoms with van der Waals surface area (Å²) in [6.07, 6.45) is 0.281. The molecule has 1 heterocycles. The van der Waals surface area contributed by atoms with E-state index in [1.807, 2.05) is 0 Å². The SMILES string of the molecule is O=C1Cc2cc(C(=O)Nc3c(Cl)cccc3Cl)ccc2N1. The number of nitrogens with one attached hydrogen (secondary N) is 2. The lowest BCUT2D eigenvalue weighted by molar-refractivity contribution is -0.115. The van der Waals surface area contributed by atoms with Gasteiger partial charge in [-0.25, -0.2) is 0 Å². The Labute approximate surface area is 131 Å². The summed E-state index contributed by atoms with van der Waals surface area (Å²) < 4.78 is 0. The summed E-state index contributed by atoms with van der Waals surface area (Å²) in [6, 6.07) is 10.0. The van der Waals surface area contributed by atoms with Crippen molar-refractivity contribution in [3.05, 3.63) is 57.6 Å². The van der Waals surface area contributed by atoms with Gasteiger partial charge in [0, 0.05) is 11.3 Å². The molecule has 3 rings (SSSR count). The van der Waals surface area contributed by atoms with Crippen molar-refractivity contribution in [2.45, 2.75) is 6.42 Å². The molecule has 0 spiro atoms. The maximum absolute atomic E-state index is 12.3. The van der Waals surface area contributed by atoms with Crippen molar-refractivity contribution in [2.24, 2.45) is 0 Å². The Bertz CT molecular complexity index is 739. The first kappa shape index (κ1) is 13.9. The zero-order valence-corrected chi connectivity index (χ0v) is 12.3. The Morgan fingerprint density at radius 3 is 2.57 bits per heavy atom. The Kier molecular flexibility index (Phi) is 3.57. The molecule has 21 heavy (non-hydrogen) atoms. The van der Waals surface area contributed by atoms with Crippen LogP contribution in [0.4, 0.5) is 11.4 Å². The van der Waals surface area contributed by atoms with Gasteiger partial charge in [-0.1, -0.05) is 29.3 Å². The van der Waals surface area contributed by atoms with Gasteiger partial charge < -0.3 is 10.6 Å². The lowest BCUT2D eigenvalue weighted by Gasteiger charge is -2.09. The van der Waals surface area contributed by atoms with Crippen LogP contribution in [0.15, 0.2) is 36.4 Å². The molecule has 0 aliphatic carbocycles. The van der Waals surface area contributed by atoms with E-state index in [0.717, 1.165) is 11.3 Å².